The number of rotatable bonds is 13. The molecule has 1 unspecified atom stereocenters. The highest BCUT2D eigenvalue weighted by Gasteiger charge is 2.48. The molecule has 0 amide bonds. The summed E-state index contributed by atoms with van der Waals surface area (Å²) in [5.74, 6) is -1.24. The zero-order chi connectivity index (χ0) is 32.0. The van der Waals surface area contributed by atoms with E-state index in [2.05, 4.69) is 110 Å². The molecule has 44 heavy (non-hydrogen) atoms. The molecule has 234 valence electrons. The molecule has 0 bridgehead atoms. The Balaban J connectivity index is 0.000000248. The minimum atomic E-state index is -6.08. The molecule has 0 aliphatic carbocycles. The highest BCUT2D eigenvalue weighted by Crippen LogP contribution is 2.30. The zero-order valence-corrected chi connectivity index (χ0v) is 26.2. The molecule has 0 aliphatic rings. The van der Waals surface area contributed by atoms with E-state index in [9.17, 15) is 26.5 Å². The Morgan fingerprint density at radius 2 is 1.20 bits per heavy atom. The zero-order valence-electron chi connectivity index (χ0n) is 24.6. The van der Waals surface area contributed by atoms with E-state index < -0.39 is 27.9 Å². The van der Waals surface area contributed by atoms with Gasteiger partial charge in [-0.1, -0.05) is 80.6 Å². The van der Waals surface area contributed by atoms with Crippen LogP contribution in [0.1, 0.15) is 44.6 Å². The predicted molar refractivity (Wildman–Crippen MR) is 167 cm³/mol. The fourth-order valence-corrected chi connectivity index (χ4v) is 6.32. The summed E-state index contributed by atoms with van der Waals surface area (Å²) in [5, 5.41) is -5.07. The lowest BCUT2D eigenvalue weighted by atomic mass is 9.99. The van der Waals surface area contributed by atoms with E-state index in [4.69, 9.17) is 4.74 Å². The number of hydrogen-bond donors (Lipinski definition) is 0. The quantitative estimate of drug-likeness (QED) is 0.0639. The second-order valence-electron chi connectivity index (χ2n) is 9.79. The molecule has 0 N–H and O–H groups in total. The summed E-state index contributed by atoms with van der Waals surface area (Å²) in [6.45, 7) is 4.07. The Morgan fingerprint density at radius 3 is 1.61 bits per heavy atom. The van der Waals surface area contributed by atoms with E-state index in [0.717, 1.165) is 6.42 Å². The normalized spacial score (nSPS) is 12.1. The van der Waals surface area contributed by atoms with Crippen LogP contribution in [0.25, 0.3) is 0 Å². The van der Waals surface area contributed by atoms with E-state index in [0.29, 0.717) is 18.1 Å². The average Bonchev–Trinajstić information content (AvgIpc) is 3.04. The molecule has 0 saturated carbocycles. The molecule has 6 nitrogen and oxygen atoms in total. The van der Waals surface area contributed by atoms with Gasteiger partial charge in [0.15, 0.2) is 24.8 Å². The summed E-state index contributed by atoms with van der Waals surface area (Å²) >= 11 is 0. The number of esters is 1. The van der Waals surface area contributed by atoms with E-state index in [1.807, 2.05) is 24.3 Å². The second kappa shape index (κ2) is 16.9. The first kappa shape index (κ1) is 34.8. The van der Waals surface area contributed by atoms with Crippen LogP contribution in [0.5, 0.6) is 5.75 Å². The Morgan fingerprint density at radius 1 is 0.773 bits per heavy atom. The van der Waals surface area contributed by atoms with E-state index in [1.54, 1.807) is 0 Å². The van der Waals surface area contributed by atoms with Crippen LogP contribution in [0.4, 0.5) is 8.78 Å². The summed E-state index contributed by atoms with van der Waals surface area (Å²) in [5.41, 5.74) is 1.20. The third-order valence-corrected chi connectivity index (χ3v) is 9.62. The third-order valence-electron chi connectivity index (χ3n) is 6.59. The smallest absolute Gasteiger partial charge is 0.428 e. The first-order valence-corrected chi connectivity index (χ1v) is 16.8. The number of carbonyl (C=O) groups is 1. The number of benzene rings is 4. The van der Waals surface area contributed by atoms with Gasteiger partial charge in [0.2, 0.25) is 0 Å². The molecule has 0 aliphatic heterocycles. The summed E-state index contributed by atoms with van der Waals surface area (Å²) in [4.78, 5) is 15.0. The van der Waals surface area contributed by atoms with Crippen molar-refractivity contribution in [1.29, 1.82) is 0 Å². The largest absolute Gasteiger partial charge is 0.743 e. The fraction of sp³-hybridized carbons (Fsp3) is 0.265. The van der Waals surface area contributed by atoms with Crippen molar-refractivity contribution in [3.05, 3.63) is 121 Å². The van der Waals surface area contributed by atoms with Crippen molar-refractivity contribution in [2.75, 3.05) is 13.2 Å². The van der Waals surface area contributed by atoms with Crippen molar-refractivity contribution in [2.45, 2.75) is 59.0 Å². The molecule has 0 spiro atoms. The van der Waals surface area contributed by atoms with Gasteiger partial charge in [-0.25, -0.2) is 13.2 Å². The number of hydrogen-bond acceptors (Lipinski definition) is 6. The van der Waals surface area contributed by atoms with Gasteiger partial charge >= 0.3 is 11.2 Å². The first-order chi connectivity index (χ1) is 21.0. The average molecular weight is 643 g/mol. The van der Waals surface area contributed by atoms with Crippen molar-refractivity contribution >= 4 is 27.0 Å². The number of ether oxygens (including phenoxy) is 2. The lowest BCUT2D eigenvalue weighted by Gasteiger charge is -2.17. The molecule has 4 aromatic carbocycles. The Labute approximate surface area is 261 Å². The highest BCUT2D eigenvalue weighted by atomic mass is 32.2. The van der Waals surface area contributed by atoms with Crippen molar-refractivity contribution in [3.8, 4) is 5.75 Å². The Hall–Kier alpha value is -3.73. The van der Waals surface area contributed by atoms with Crippen molar-refractivity contribution in [3.63, 3.8) is 0 Å². The van der Waals surface area contributed by atoms with Crippen LogP contribution in [-0.2, 0) is 30.5 Å². The summed E-state index contributed by atoms with van der Waals surface area (Å²) in [6, 6.07) is 39.8. The van der Waals surface area contributed by atoms with Crippen LogP contribution in [0.3, 0.4) is 0 Å². The van der Waals surface area contributed by atoms with Crippen LogP contribution in [0.15, 0.2) is 130 Å². The van der Waals surface area contributed by atoms with Crippen LogP contribution in [-0.4, -0.2) is 37.4 Å². The SMILES string of the molecule is CCC(C)c1ccc(OCCCCOC(=O)C(F)(F)S(=O)(=O)[O-])cc1.c1ccc([S+](c2ccccc2)c2ccccc2)cc1. The first-order valence-electron chi connectivity index (χ1n) is 14.2. The van der Waals surface area contributed by atoms with E-state index in [-0.39, 0.29) is 23.9 Å². The molecule has 0 fully saturated rings. The minimum Gasteiger partial charge on any atom is -0.743 e. The number of unbranched alkanes of at least 4 members (excludes halogenated alkanes) is 1. The van der Waals surface area contributed by atoms with Crippen molar-refractivity contribution in [1.82, 2.24) is 0 Å². The van der Waals surface area contributed by atoms with Crippen LogP contribution in [0, 0.1) is 0 Å². The molecule has 10 heteroatoms. The summed E-state index contributed by atoms with van der Waals surface area (Å²) < 4.78 is 66.0. The fourth-order valence-electron chi connectivity index (χ4n) is 3.95. The number of carbonyl (C=O) groups excluding carboxylic acids is 1. The lowest BCUT2D eigenvalue weighted by Crippen LogP contribution is -2.39. The standard InChI is InChI=1S/C18H15S.C16H22F2O6S/c1-4-10-16(11-5-1)19(17-12-6-2-7-13-17)18-14-8-3-9-15-18;1-3-12(2)13-6-8-14(9-7-13)23-10-4-5-11-24-15(19)16(17,18)25(20,21)22/h1-15H;6-9,12H,3-5,10-11H2,1-2H3,(H,20,21,22)/q+1;/p-1. The van der Waals surface area contributed by atoms with Crippen LogP contribution < -0.4 is 4.74 Å². The van der Waals surface area contributed by atoms with Gasteiger partial charge in [0.05, 0.1) is 24.1 Å². The molecular weight excluding hydrogens is 606 g/mol. The predicted octanol–water partition coefficient (Wildman–Crippen LogP) is 7.82. The van der Waals surface area contributed by atoms with Crippen molar-refractivity contribution in [2.24, 2.45) is 0 Å². The maximum absolute atomic E-state index is 12.8. The van der Waals surface area contributed by atoms with Gasteiger partial charge in [-0.2, -0.15) is 8.78 Å². The van der Waals surface area contributed by atoms with Gasteiger partial charge in [-0.15, -0.1) is 0 Å². The van der Waals surface area contributed by atoms with Gasteiger partial charge in [0.25, 0.3) is 0 Å². The summed E-state index contributed by atoms with van der Waals surface area (Å²) in [6.07, 6.45) is 1.62. The lowest BCUT2D eigenvalue weighted by molar-refractivity contribution is -0.161. The Kier molecular flexibility index (Phi) is 13.4. The molecule has 0 aromatic heterocycles. The maximum Gasteiger partial charge on any atom is 0.428 e. The molecule has 0 saturated heterocycles. The number of halogens is 2. The monoisotopic (exact) mass is 642 g/mol. The van der Waals surface area contributed by atoms with E-state index in [1.165, 1.54) is 20.2 Å². The molecule has 0 radical (unpaired) electrons. The molecular formula is C34H36F2O6S2. The topological polar surface area (TPSA) is 92.7 Å². The molecule has 4 aromatic rings. The second-order valence-corrected chi connectivity index (χ2v) is 13.2. The molecule has 4 rings (SSSR count). The van der Waals surface area contributed by atoms with E-state index >= 15 is 0 Å². The van der Waals surface area contributed by atoms with Gasteiger partial charge in [-0.3, -0.25) is 0 Å². The van der Waals surface area contributed by atoms with Gasteiger partial charge in [-0.05, 0) is 79.3 Å². The Bertz CT molecular complexity index is 1420. The number of alkyl halides is 2. The van der Waals surface area contributed by atoms with Crippen LogP contribution in [0.2, 0.25) is 0 Å². The van der Waals surface area contributed by atoms with Gasteiger partial charge in [0.1, 0.15) is 5.75 Å². The summed E-state index contributed by atoms with van der Waals surface area (Å²) in [7, 11) is -6.09. The van der Waals surface area contributed by atoms with Gasteiger partial charge < -0.3 is 14.0 Å². The maximum atomic E-state index is 12.8. The molecule has 0 heterocycles. The van der Waals surface area contributed by atoms with Gasteiger partial charge in [0, 0.05) is 0 Å². The highest BCUT2D eigenvalue weighted by molar-refractivity contribution is 7.97. The molecule has 1 atom stereocenters. The van der Waals surface area contributed by atoms with Crippen LogP contribution >= 0.6 is 0 Å². The van der Waals surface area contributed by atoms with Crippen molar-refractivity contribution < 1.29 is 36.0 Å². The minimum absolute atomic E-state index is 0.0146. The third kappa shape index (κ3) is 10.2.